The molecule has 0 saturated carbocycles. The molecule has 0 atom stereocenters. The first-order valence-electron chi connectivity index (χ1n) is 5.97. The summed E-state index contributed by atoms with van der Waals surface area (Å²) in [4.78, 5) is 22.5. The number of hydrogen-bond donors (Lipinski definition) is 2. The molecule has 0 radical (unpaired) electrons. The molecular formula is C13H13N3O3S. The van der Waals surface area contributed by atoms with Crippen LogP contribution in [0.3, 0.4) is 0 Å². The number of carbonyl (C=O) groups is 1. The summed E-state index contributed by atoms with van der Waals surface area (Å²) in [5, 5.41) is 20.2. The topological polar surface area (TPSA) is 84.3 Å². The molecule has 0 fully saturated rings. The van der Waals surface area contributed by atoms with Crippen LogP contribution in [-0.4, -0.2) is 17.4 Å². The lowest BCUT2D eigenvalue weighted by atomic mass is 10.1. The molecule has 0 aliphatic rings. The highest BCUT2D eigenvalue weighted by atomic mass is 32.1. The summed E-state index contributed by atoms with van der Waals surface area (Å²) in [6.45, 7) is 2.37. The van der Waals surface area contributed by atoms with E-state index in [-0.39, 0.29) is 11.6 Å². The van der Waals surface area contributed by atoms with Crippen LogP contribution in [0.15, 0.2) is 35.0 Å². The van der Waals surface area contributed by atoms with Crippen LogP contribution in [0.25, 0.3) is 0 Å². The average Bonchev–Trinajstić information content (AvgIpc) is 2.91. The van der Waals surface area contributed by atoms with Crippen molar-refractivity contribution in [2.24, 2.45) is 0 Å². The molecule has 7 heteroatoms. The zero-order valence-electron chi connectivity index (χ0n) is 10.8. The molecule has 1 aromatic carbocycles. The van der Waals surface area contributed by atoms with Crippen molar-refractivity contribution in [1.82, 2.24) is 0 Å². The fourth-order valence-corrected chi connectivity index (χ4v) is 2.30. The Kier molecular flexibility index (Phi) is 4.31. The minimum Gasteiger partial charge on any atom is -0.380 e. The van der Waals surface area contributed by atoms with E-state index in [0.29, 0.717) is 23.5 Å². The first kappa shape index (κ1) is 14.0. The molecule has 2 rings (SSSR count). The van der Waals surface area contributed by atoms with Crippen molar-refractivity contribution in [1.29, 1.82) is 0 Å². The van der Waals surface area contributed by atoms with Gasteiger partial charge in [-0.2, -0.15) is 11.3 Å². The third-order valence-electron chi connectivity index (χ3n) is 2.60. The monoisotopic (exact) mass is 291 g/mol. The Labute approximate surface area is 119 Å². The Balaban J connectivity index is 2.26. The zero-order valence-corrected chi connectivity index (χ0v) is 11.6. The number of anilines is 2. The van der Waals surface area contributed by atoms with Crippen LogP contribution < -0.4 is 10.6 Å². The summed E-state index contributed by atoms with van der Waals surface area (Å²) in [6, 6.07) is 6.06. The number of rotatable bonds is 5. The fourth-order valence-electron chi connectivity index (χ4n) is 1.71. The van der Waals surface area contributed by atoms with Crippen molar-refractivity contribution in [3.8, 4) is 0 Å². The first-order valence-corrected chi connectivity index (χ1v) is 6.92. The predicted molar refractivity (Wildman–Crippen MR) is 79.5 cm³/mol. The van der Waals surface area contributed by atoms with Gasteiger partial charge >= 0.3 is 0 Å². The van der Waals surface area contributed by atoms with Crippen LogP contribution in [0.2, 0.25) is 0 Å². The van der Waals surface area contributed by atoms with E-state index in [4.69, 9.17) is 0 Å². The summed E-state index contributed by atoms with van der Waals surface area (Å²) in [5.74, 6) is -0.294. The van der Waals surface area contributed by atoms with Gasteiger partial charge in [0, 0.05) is 23.6 Å². The predicted octanol–water partition coefficient (Wildman–Crippen LogP) is 3.34. The number of nitro benzene ring substituents is 1. The number of thiophene rings is 1. The van der Waals surface area contributed by atoms with E-state index in [1.807, 2.05) is 17.7 Å². The van der Waals surface area contributed by atoms with Gasteiger partial charge in [0.05, 0.1) is 10.6 Å². The molecule has 0 bridgehead atoms. The van der Waals surface area contributed by atoms with Gasteiger partial charge in [-0.1, -0.05) is 0 Å². The highest BCUT2D eigenvalue weighted by Crippen LogP contribution is 2.26. The number of nitrogens with zero attached hydrogens (tertiary/aromatic N) is 1. The molecule has 0 spiro atoms. The third kappa shape index (κ3) is 3.12. The normalized spacial score (nSPS) is 10.1. The Morgan fingerprint density at radius 2 is 2.20 bits per heavy atom. The number of amides is 1. The molecule has 6 nitrogen and oxygen atoms in total. The number of nitrogens with one attached hydrogen (secondary N) is 2. The van der Waals surface area contributed by atoms with Gasteiger partial charge in [0.1, 0.15) is 5.69 Å². The molecule has 0 aliphatic carbocycles. The van der Waals surface area contributed by atoms with Gasteiger partial charge in [0.25, 0.3) is 11.6 Å². The molecule has 20 heavy (non-hydrogen) atoms. The van der Waals surface area contributed by atoms with Crippen molar-refractivity contribution < 1.29 is 9.72 Å². The van der Waals surface area contributed by atoms with Gasteiger partial charge in [-0.25, -0.2) is 0 Å². The van der Waals surface area contributed by atoms with Crippen molar-refractivity contribution in [2.45, 2.75) is 6.92 Å². The van der Waals surface area contributed by atoms with E-state index in [0.717, 1.165) is 0 Å². The molecular weight excluding hydrogens is 278 g/mol. The molecule has 0 aliphatic heterocycles. The second-order valence-electron chi connectivity index (χ2n) is 3.99. The van der Waals surface area contributed by atoms with E-state index >= 15 is 0 Å². The van der Waals surface area contributed by atoms with E-state index in [1.54, 1.807) is 6.07 Å². The maximum atomic E-state index is 12.0. The quantitative estimate of drug-likeness (QED) is 0.653. The van der Waals surface area contributed by atoms with E-state index in [1.165, 1.54) is 29.5 Å². The average molecular weight is 291 g/mol. The maximum absolute atomic E-state index is 12.0. The van der Waals surface area contributed by atoms with Gasteiger partial charge in [-0.3, -0.25) is 14.9 Å². The summed E-state index contributed by atoms with van der Waals surface area (Å²) in [6.07, 6.45) is 0. The molecule has 2 aromatic rings. The number of nitro groups is 1. The number of benzene rings is 1. The molecule has 0 saturated heterocycles. The summed E-state index contributed by atoms with van der Waals surface area (Å²) >= 11 is 1.48. The number of hydrogen-bond acceptors (Lipinski definition) is 5. The zero-order chi connectivity index (χ0) is 14.5. The summed E-state index contributed by atoms with van der Waals surface area (Å²) in [7, 11) is 0. The van der Waals surface area contributed by atoms with Crippen molar-refractivity contribution in [3.63, 3.8) is 0 Å². The summed E-state index contributed by atoms with van der Waals surface area (Å²) in [5.41, 5.74) is 1.38. The van der Waals surface area contributed by atoms with Crippen LogP contribution in [0.4, 0.5) is 17.1 Å². The van der Waals surface area contributed by atoms with Crippen LogP contribution in [0.1, 0.15) is 17.3 Å². The van der Waals surface area contributed by atoms with Crippen molar-refractivity contribution in [2.75, 3.05) is 17.2 Å². The Morgan fingerprint density at radius 3 is 2.80 bits per heavy atom. The minimum atomic E-state index is -0.474. The molecule has 1 amide bonds. The smallest absolute Gasteiger partial charge is 0.292 e. The molecule has 104 valence electrons. The van der Waals surface area contributed by atoms with E-state index in [2.05, 4.69) is 10.6 Å². The van der Waals surface area contributed by atoms with Crippen LogP contribution in [-0.2, 0) is 0 Å². The lowest BCUT2D eigenvalue weighted by Crippen LogP contribution is -2.12. The molecule has 1 aromatic heterocycles. The number of carbonyl (C=O) groups excluding carboxylic acids is 1. The Bertz CT molecular complexity index is 626. The van der Waals surface area contributed by atoms with Gasteiger partial charge in [-0.15, -0.1) is 0 Å². The standard InChI is InChI=1S/C13H13N3O3S/c1-2-14-11-7-9(3-4-12(11)16(18)19)13(17)15-10-5-6-20-8-10/h3-8,14H,2H2,1H3,(H,15,17). The third-order valence-corrected chi connectivity index (χ3v) is 3.28. The Hall–Kier alpha value is -2.41. The minimum absolute atomic E-state index is 0.0427. The van der Waals surface area contributed by atoms with Crippen molar-refractivity contribution in [3.05, 3.63) is 50.7 Å². The van der Waals surface area contributed by atoms with Gasteiger partial charge in [-0.05, 0) is 30.5 Å². The SMILES string of the molecule is CCNc1cc(C(=O)Nc2ccsc2)ccc1[N+](=O)[O-]. The maximum Gasteiger partial charge on any atom is 0.292 e. The van der Waals surface area contributed by atoms with Crippen LogP contribution in [0, 0.1) is 10.1 Å². The summed E-state index contributed by atoms with van der Waals surface area (Å²) < 4.78 is 0. The fraction of sp³-hybridized carbons (Fsp3) is 0.154. The second kappa shape index (κ2) is 6.16. The highest BCUT2D eigenvalue weighted by molar-refractivity contribution is 7.08. The van der Waals surface area contributed by atoms with Gasteiger partial charge in [0.2, 0.25) is 0 Å². The largest absolute Gasteiger partial charge is 0.380 e. The second-order valence-corrected chi connectivity index (χ2v) is 4.77. The molecule has 2 N–H and O–H groups in total. The highest BCUT2D eigenvalue weighted by Gasteiger charge is 2.16. The molecule has 1 heterocycles. The van der Waals surface area contributed by atoms with Crippen LogP contribution >= 0.6 is 11.3 Å². The van der Waals surface area contributed by atoms with Crippen molar-refractivity contribution >= 4 is 34.3 Å². The van der Waals surface area contributed by atoms with Gasteiger partial charge < -0.3 is 10.6 Å². The van der Waals surface area contributed by atoms with E-state index < -0.39 is 4.92 Å². The lowest BCUT2D eigenvalue weighted by Gasteiger charge is -2.07. The molecule has 0 unspecified atom stereocenters. The van der Waals surface area contributed by atoms with Crippen LogP contribution in [0.5, 0.6) is 0 Å². The Morgan fingerprint density at radius 1 is 1.40 bits per heavy atom. The lowest BCUT2D eigenvalue weighted by molar-refractivity contribution is -0.384. The van der Waals surface area contributed by atoms with E-state index in [9.17, 15) is 14.9 Å². The van der Waals surface area contributed by atoms with Gasteiger partial charge in [0.15, 0.2) is 0 Å². The first-order chi connectivity index (χ1) is 9.61.